The summed E-state index contributed by atoms with van der Waals surface area (Å²) in [5.41, 5.74) is 0.666. The molecule has 5 nitrogen and oxygen atoms in total. The molecule has 2 aromatic carbocycles. The van der Waals surface area contributed by atoms with Crippen LogP contribution in [0.3, 0.4) is 0 Å². The number of aromatic nitrogens is 2. The number of ether oxygens (including phenoxy) is 1. The number of benzene rings is 2. The molecule has 3 aromatic rings. The topological polar surface area (TPSA) is 64.3 Å². The minimum atomic E-state index is -0.654. The minimum Gasteiger partial charge on any atom is -0.491 e. The number of para-hydroxylation sites is 2. The number of nitrogens with zero attached hydrogens (tertiary/aromatic N) is 2. The van der Waals surface area contributed by atoms with Crippen LogP contribution in [0.1, 0.15) is 19.8 Å². The van der Waals surface area contributed by atoms with E-state index in [2.05, 4.69) is 11.9 Å². The van der Waals surface area contributed by atoms with E-state index in [0.717, 1.165) is 18.6 Å². The molecule has 1 atom stereocenters. The fourth-order valence-corrected chi connectivity index (χ4v) is 3.63. The maximum absolute atomic E-state index is 12.8. The molecule has 0 unspecified atom stereocenters. The summed E-state index contributed by atoms with van der Waals surface area (Å²) in [4.78, 5) is 17.5. The van der Waals surface area contributed by atoms with Crippen molar-refractivity contribution in [2.45, 2.75) is 37.6 Å². The SMILES string of the molecule is CCCCn1c(SC[C@@H](O)COc2ccccc2)nc2ccccc2c1=O. The van der Waals surface area contributed by atoms with Gasteiger partial charge in [0.2, 0.25) is 0 Å². The summed E-state index contributed by atoms with van der Waals surface area (Å²) in [7, 11) is 0. The van der Waals surface area contributed by atoms with Crippen molar-refractivity contribution >= 4 is 22.7 Å². The highest BCUT2D eigenvalue weighted by atomic mass is 32.2. The first-order chi connectivity index (χ1) is 13.2. The first-order valence-electron chi connectivity index (χ1n) is 9.17. The van der Waals surface area contributed by atoms with E-state index in [9.17, 15) is 9.90 Å². The van der Waals surface area contributed by atoms with E-state index in [1.54, 1.807) is 4.57 Å². The monoisotopic (exact) mass is 384 g/mol. The molecule has 0 spiro atoms. The van der Waals surface area contributed by atoms with Crippen LogP contribution in [0.25, 0.3) is 10.9 Å². The van der Waals surface area contributed by atoms with Crippen molar-refractivity contribution in [1.82, 2.24) is 9.55 Å². The van der Waals surface area contributed by atoms with Gasteiger partial charge in [0, 0.05) is 12.3 Å². The van der Waals surface area contributed by atoms with E-state index in [-0.39, 0.29) is 12.2 Å². The minimum absolute atomic E-state index is 0.0217. The predicted molar refractivity (Wildman–Crippen MR) is 110 cm³/mol. The summed E-state index contributed by atoms with van der Waals surface area (Å²) in [6, 6.07) is 16.8. The maximum atomic E-state index is 12.8. The molecule has 0 aliphatic heterocycles. The Morgan fingerprint density at radius 2 is 1.89 bits per heavy atom. The van der Waals surface area contributed by atoms with E-state index in [1.807, 2.05) is 54.6 Å². The molecule has 0 saturated carbocycles. The lowest BCUT2D eigenvalue weighted by Crippen LogP contribution is -2.25. The largest absolute Gasteiger partial charge is 0.491 e. The highest BCUT2D eigenvalue weighted by molar-refractivity contribution is 7.99. The van der Waals surface area contributed by atoms with Gasteiger partial charge in [0.25, 0.3) is 5.56 Å². The van der Waals surface area contributed by atoms with Gasteiger partial charge in [-0.1, -0.05) is 55.4 Å². The van der Waals surface area contributed by atoms with Crippen molar-refractivity contribution in [3.8, 4) is 5.75 Å². The van der Waals surface area contributed by atoms with E-state index >= 15 is 0 Å². The molecule has 142 valence electrons. The second-order valence-electron chi connectivity index (χ2n) is 6.31. The fraction of sp³-hybridized carbons (Fsp3) is 0.333. The van der Waals surface area contributed by atoms with Crippen LogP contribution in [0.4, 0.5) is 0 Å². The Balaban J connectivity index is 1.71. The van der Waals surface area contributed by atoms with E-state index in [4.69, 9.17) is 4.74 Å². The number of aliphatic hydroxyl groups is 1. The lowest BCUT2D eigenvalue weighted by molar-refractivity contribution is 0.126. The molecule has 0 bridgehead atoms. The van der Waals surface area contributed by atoms with Crippen LogP contribution in [0.2, 0.25) is 0 Å². The van der Waals surface area contributed by atoms with Gasteiger partial charge in [-0.05, 0) is 30.7 Å². The third-order valence-corrected chi connectivity index (χ3v) is 5.27. The number of fused-ring (bicyclic) bond motifs is 1. The van der Waals surface area contributed by atoms with Gasteiger partial charge in [-0.15, -0.1) is 0 Å². The molecule has 27 heavy (non-hydrogen) atoms. The molecular formula is C21H24N2O3S. The van der Waals surface area contributed by atoms with Crippen molar-refractivity contribution in [2.24, 2.45) is 0 Å². The van der Waals surface area contributed by atoms with Crippen molar-refractivity contribution in [1.29, 1.82) is 0 Å². The van der Waals surface area contributed by atoms with Gasteiger partial charge in [0.05, 0.1) is 17.0 Å². The van der Waals surface area contributed by atoms with E-state index in [0.29, 0.717) is 28.4 Å². The molecule has 0 saturated heterocycles. The quantitative estimate of drug-likeness (QED) is 0.450. The molecule has 0 fully saturated rings. The third-order valence-electron chi connectivity index (χ3n) is 4.15. The van der Waals surface area contributed by atoms with Crippen LogP contribution >= 0.6 is 11.8 Å². The Labute approximate surface area is 163 Å². The molecule has 3 rings (SSSR count). The van der Waals surface area contributed by atoms with Crippen LogP contribution in [-0.2, 0) is 6.54 Å². The zero-order valence-corrected chi connectivity index (χ0v) is 16.2. The number of rotatable bonds is 9. The smallest absolute Gasteiger partial charge is 0.262 e. The molecule has 0 aliphatic rings. The summed E-state index contributed by atoms with van der Waals surface area (Å²) in [5.74, 6) is 1.13. The van der Waals surface area contributed by atoms with E-state index < -0.39 is 6.10 Å². The predicted octanol–water partition coefficient (Wildman–Crippen LogP) is 3.73. The highest BCUT2D eigenvalue weighted by Gasteiger charge is 2.14. The molecule has 6 heteroatoms. The Morgan fingerprint density at radius 3 is 2.67 bits per heavy atom. The highest BCUT2D eigenvalue weighted by Crippen LogP contribution is 2.20. The Hall–Kier alpha value is -2.31. The Bertz CT molecular complexity index is 928. The lowest BCUT2D eigenvalue weighted by Gasteiger charge is -2.15. The van der Waals surface area contributed by atoms with Crippen molar-refractivity contribution in [2.75, 3.05) is 12.4 Å². The number of thioether (sulfide) groups is 1. The summed E-state index contributed by atoms with van der Waals surface area (Å²) >= 11 is 1.39. The van der Waals surface area contributed by atoms with Gasteiger partial charge in [0.1, 0.15) is 12.4 Å². The van der Waals surface area contributed by atoms with Gasteiger partial charge >= 0.3 is 0 Å². The molecule has 0 aliphatic carbocycles. The fourth-order valence-electron chi connectivity index (χ4n) is 2.70. The normalized spacial score (nSPS) is 12.2. The molecule has 0 radical (unpaired) electrons. The van der Waals surface area contributed by atoms with Crippen molar-refractivity contribution in [3.05, 3.63) is 65.0 Å². The summed E-state index contributed by atoms with van der Waals surface area (Å²) in [6.07, 6.45) is 1.25. The van der Waals surface area contributed by atoms with Gasteiger partial charge in [-0.3, -0.25) is 9.36 Å². The zero-order valence-electron chi connectivity index (χ0n) is 15.4. The van der Waals surface area contributed by atoms with Crippen LogP contribution in [0, 0.1) is 0 Å². The van der Waals surface area contributed by atoms with Crippen molar-refractivity contribution < 1.29 is 9.84 Å². The maximum Gasteiger partial charge on any atom is 0.262 e. The summed E-state index contributed by atoms with van der Waals surface area (Å²) in [5, 5.41) is 11.5. The molecule has 1 N–H and O–H groups in total. The van der Waals surface area contributed by atoms with Crippen molar-refractivity contribution in [3.63, 3.8) is 0 Å². The van der Waals surface area contributed by atoms with Gasteiger partial charge < -0.3 is 9.84 Å². The number of hydrogen-bond acceptors (Lipinski definition) is 5. The standard InChI is InChI=1S/C21H24N2O3S/c1-2-3-13-23-20(25)18-11-7-8-12-19(18)22-21(23)27-15-16(24)14-26-17-9-5-4-6-10-17/h4-12,16,24H,2-3,13-15H2,1H3/t16-/m0/s1. The second kappa shape index (κ2) is 9.58. The molecule has 1 heterocycles. The van der Waals surface area contributed by atoms with Gasteiger partial charge in [0.15, 0.2) is 5.16 Å². The average Bonchev–Trinajstić information content (AvgIpc) is 2.71. The first-order valence-corrected chi connectivity index (χ1v) is 10.2. The first kappa shape index (κ1) is 19.5. The van der Waals surface area contributed by atoms with Gasteiger partial charge in [-0.25, -0.2) is 4.98 Å². The molecule has 0 amide bonds. The second-order valence-corrected chi connectivity index (χ2v) is 7.30. The number of aliphatic hydroxyl groups excluding tert-OH is 1. The van der Waals surface area contributed by atoms with Crippen LogP contribution < -0.4 is 10.3 Å². The summed E-state index contributed by atoms with van der Waals surface area (Å²) < 4.78 is 7.32. The Kier molecular flexibility index (Phi) is 6.90. The zero-order chi connectivity index (χ0) is 19.1. The Morgan fingerprint density at radius 1 is 1.15 bits per heavy atom. The van der Waals surface area contributed by atoms with Crippen LogP contribution in [0.15, 0.2) is 64.5 Å². The molecule has 1 aromatic heterocycles. The van der Waals surface area contributed by atoms with Crippen LogP contribution in [-0.4, -0.2) is 33.1 Å². The van der Waals surface area contributed by atoms with E-state index in [1.165, 1.54) is 11.8 Å². The number of unbranched alkanes of at least 4 members (excludes halogenated alkanes) is 1. The average molecular weight is 385 g/mol. The van der Waals surface area contributed by atoms with Gasteiger partial charge in [-0.2, -0.15) is 0 Å². The summed E-state index contributed by atoms with van der Waals surface area (Å²) in [6.45, 7) is 2.92. The van der Waals surface area contributed by atoms with Crippen LogP contribution in [0.5, 0.6) is 5.75 Å². The molecular weight excluding hydrogens is 360 g/mol. The number of hydrogen-bond donors (Lipinski definition) is 1. The third kappa shape index (κ3) is 5.11. The lowest BCUT2D eigenvalue weighted by atomic mass is 10.2.